The van der Waals surface area contributed by atoms with Gasteiger partial charge in [0, 0.05) is 11.4 Å². The Labute approximate surface area is 338 Å². The zero-order chi connectivity index (χ0) is 38.8. The lowest BCUT2D eigenvalue weighted by Gasteiger charge is -2.13. The van der Waals surface area contributed by atoms with Crippen molar-refractivity contribution in [3.8, 4) is 0 Å². The van der Waals surface area contributed by atoms with Crippen LogP contribution < -0.4 is 11.5 Å². The molecule has 4 aromatic carbocycles. The van der Waals surface area contributed by atoms with Crippen molar-refractivity contribution in [1.82, 2.24) is 0 Å². The molecule has 0 bridgehead atoms. The molecule has 4 N–H and O–H groups in total. The topological polar surface area (TPSA) is 52.0 Å². The number of nitrogens with two attached hydrogens (primary N) is 2. The van der Waals surface area contributed by atoms with Crippen LogP contribution in [0.3, 0.4) is 0 Å². The lowest BCUT2D eigenvalue weighted by Crippen LogP contribution is -1.99. The van der Waals surface area contributed by atoms with Gasteiger partial charge in [0.2, 0.25) is 0 Å². The second-order valence-corrected chi connectivity index (χ2v) is 16.8. The monoisotopic (exact) mass is 743 g/mol. The Bertz CT molecular complexity index is 1450. The first-order valence-corrected chi connectivity index (χ1v) is 22.9. The van der Waals surface area contributed by atoms with E-state index in [-0.39, 0.29) is 0 Å². The highest BCUT2D eigenvalue weighted by Crippen LogP contribution is 2.24. The average molecular weight is 743 g/mol. The number of anilines is 2. The van der Waals surface area contributed by atoms with Gasteiger partial charge in [-0.3, -0.25) is 0 Å². The van der Waals surface area contributed by atoms with Crippen LogP contribution in [0.15, 0.2) is 84.9 Å². The first-order valence-electron chi connectivity index (χ1n) is 22.9. The molecule has 0 aromatic heterocycles. The van der Waals surface area contributed by atoms with Crippen molar-refractivity contribution in [2.45, 2.75) is 187 Å². The van der Waals surface area contributed by atoms with Crippen molar-refractivity contribution >= 4 is 11.4 Å². The minimum Gasteiger partial charge on any atom is -0.399 e. The molecule has 4 rings (SSSR count). The molecule has 0 heterocycles. The summed E-state index contributed by atoms with van der Waals surface area (Å²) in [6.45, 7) is 4.60. The first kappa shape index (κ1) is 44.2. The van der Waals surface area contributed by atoms with E-state index in [1.165, 1.54) is 194 Å². The molecule has 0 aliphatic heterocycles. The van der Waals surface area contributed by atoms with E-state index in [0.717, 1.165) is 24.2 Å². The summed E-state index contributed by atoms with van der Waals surface area (Å²) in [6.07, 6.45) is 35.4. The van der Waals surface area contributed by atoms with Crippen LogP contribution in [-0.4, -0.2) is 0 Å². The van der Waals surface area contributed by atoms with Gasteiger partial charge in [0.25, 0.3) is 0 Å². The summed E-state index contributed by atoms with van der Waals surface area (Å²) in [4.78, 5) is 0. The van der Waals surface area contributed by atoms with Gasteiger partial charge in [-0.25, -0.2) is 0 Å². The Kier molecular flexibility index (Phi) is 21.8. The molecule has 0 fully saturated rings. The molecule has 0 saturated heterocycles. The molecule has 0 saturated carbocycles. The minimum absolute atomic E-state index is 0.846. The van der Waals surface area contributed by atoms with Crippen molar-refractivity contribution in [2.24, 2.45) is 0 Å². The van der Waals surface area contributed by atoms with Crippen LogP contribution in [0.25, 0.3) is 0 Å². The highest BCUT2D eigenvalue weighted by Gasteiger charge is 2.09. The molecule has 0 unspecified atom stereocenters. The number of nitrogen functional groups attached to an aromatic ring is 2. The molecule has 55 heavy (non-hydrogen) atoms. The molecular formula is C53H78N2. The minimum atomic E-state index is 0.846. The van der Waals surface area contributed by atoms with Crippen molar-refractivity contribution in [3.63, 3.8) is 0 Å². The summed E-state index contributed by atoms with van der Waals surface area (Å²) in [5.74, 6) is 0. The Morgan fingerprint density at radius 1 is 0.291 bits per heavy atom. The van der Waals surface area contributed by atoms with Crippen LogP contribution in [0, 0.1) is 0 Å². The van der Waals surface area contributed by atoms with E-state index in [0.29, 0.717) is 0 Å². The third kappa shape index (κ3) is 18.3. The average Bonchev–Trinajstić information content (AvgIpc) is 3.19. The summed E-state index contributed by atoms with van der Waals surface area (Å²) in [5.41, 5.74) is 25.5. The van der Waals surface area contributed by atoms with E-state index in [9.17, 15) is 0 Å². The maximum Gasteiger partial charge on any atom is 0.0314 e. The number of unbranched alkanes of at least 4 members (excludes halogenated alkanes) is 18. The van der Waals surface area contributed by atoms with Gasteiger partial charge in [0.1, 0.15) is 0 Å². The van der Waals surface area contributed by atoms with Gasteiger partial charge in [-0.05, 0) is 133 Å². The zero-order valence-electron chi connectivity index (χ0n) is 35.3. The predicted octanol–water partition coefficient (Wildman–Crippen LogP) is 15.1. The summed E-state index contributed by atoms with van der Waals surface area (Å²) in [6, 6.07) is 31.7. The zero-order valence-corrected chi connectivity index (χ0v) is 35.3. The smallest absolute Gasteiger partial charge is 0.0314 e. The number of rotatable bonds is 30. The van der Waals surface area contributed by atoms with Gasteiger partial charge >= 0.3 is 0 Å². The maximum atomic E-state index is 5.96. The molecule has 0 spiro atoms. The molecule has 2 nitrogen and oxygen atoms in total. The van der Waals surface area contributed by atoms with Crippen LogP contribution in [0.2, 0.25) is 0 Å². The van der Waals surface area contributed by atoms with Crippen LogP contribution in [-0.2, 0) is 38.5 Å². The predicted molar refractivity (Wildman–Crippen MR) is 243 cm³/mol. The molecular weight excluding hydrogens is 665 g/mol. The quantitative estimate of drug-likeness (QED) is 0.0413. The van der Waals surface area contributed by atoms with Crippen molar-refractivity contribution in [3.05, 3.63) is 129 Å². The van der Waals surface area contributed by atoms with Gasteiger partial charge in [-0.2, -0.15) is 0 Å². The Morgan fingerprint density at radius 3 is 0.927 bits per heavy atom. The normalized spacial score (nSPS) is 11.4. The van der Waals surface area contributed by atoms with E-state index in [2.05, 4.69) is 74.5 Å². The molecule has 0 aliphatic carbocycles. The number of aryl methyl sites for hydroxylation is 4. The van der Waals surface area contributed by atoms with Gasteiger partial charge < -0.3 is 11.5 Å². The lowest BCUT2D eigenvalue weighted by atomic mass is 9.92. The van der Waals surface area contributed by atoms with Crippen LogP contribution in [0.1, 0.15) is 193 Å². The molecule has 300 valence electrons. The van der Waals surface area contributed by atoms with Crippen molar-refractivity contribution < 1.29 is 0 Å². The van der Waals surface area contributed by atoms with Crippen LogP contribution in [0.5, 0.6) is 0 Å². The molecule has 0 amide bonds. The molecule has 0 atom stereocenters. The van der Waals surface area contributed by atoms with Gasteiger partial charge in [0.15, 0.2) is 0 Å². The SMILES string of the molecule is CCCCCCCCc1cc(CCCCCCCCCCCc2ccc(Cc3ccc(N)cc3)c(CCCCCCCC)c2)ccc1Cc1ccc(N)cc1. The number of hydrogen-bond acceptors (Lipinski definition) is 2. The molecule has 0 aliphatic rings. The number of hydrogen-bond donors (Lipinski definition) is 2. The van der Waals surface area contributed by atoms with E-state index in [4.69, 9.17) is 11.5 Å². The first-order chi connectivity index (χ1) is 27.0. The summed E-state index contributed by atoms with van der Waals surface area (Å²) < 4.78 is 0. The fourth-order valence-electron chi connectivity index (χ4n) is 8.28. The van der Waals surface area contributed by atoms with Crippen LogP contribution >= 0.6 is 0 Å². The summed E-state index contributed by atoms with van der Waals surface area (Å²) >= 11 is 0. The second kappa shape index (κ2) is 27.1. The Morgan fingerprint density at radius 2 is 0.582 bits per heavy atom. The highest BCUT2D eigenvalue weighted by molar-refractivity contribution is 5.43. The molecule has 2 heteroatoms. The third-order valence-corrected chi connectivity index (χ3v) is 11.8. The van der Waals surface area contributed by atoms with E-state index in [1.807, 2.05) is 24.3 Å². The standard InChI is InChI=1S/C53H78N2/c1-3-5-7-9-18-22-26-48-40-44(28-34-50(48)42-46-30-36-52(54)37-31-46)24-20-16-14-12-11-13-15-17-21-25-45-29-35-51(43-47-32-38-53(55)39-33-47)49(41-45)27-23-19-10-8-6-4-2/h28-41H,3-27,42-43,54-55H2,1-2H3. The van der Waals surface area contributed by atoms with E-state index >= 15 is 0 Å². The van der Waals surface area contributed by atoms with Gasteiger partial charge in [0.05, 0.1) is 0 Å². The van der Waals surface area contributed by atoms with Gasteiger partial charge in [-0.1, -0.05) is 184 Å². The number of benzene rings is 4. The summed E-state index contributed by atoms with van der Waals surface area (Å²) in [5, 5.41) is 0. The Balaban J connectivity index is 1.12. The van der Waals surface area contributed by atoms with Crippen molar-refractivity contribution in [1.29, 1.82) is 0 Å². The van der Waals surface area contributed by atoms with Crippen molar-refractivity contribution in [2.75, 3.05) is 11.5 Å². The van der Waals surface area contributed by atoms with Gasteiger partial charge in [-0.15, -0.1) is 0 Å². The van der Waals surface area contributed by atoms with Crippen LogP contribution in [0.4, 0.5) is 11.4 Å². The lowest BCUT2D eigenvalue weighted by molar-refractivity contribution is 0.558. The fourth-order valence-corrected chi connectivity index (χ4v) is 8.28. The second-order valence-electron chi connectivity index (χ2n) is 16.8. The van der Waals surface area contributed by atoms with E-state index in [1.54, 1.807) is 11.1 Å². The maximum absolute atomic E-state index is 5.96. The fraction of sp³-hybridized carbons (Fsp3) is 0.547. The molecule has 0 radical (unpaired) electrons. The molecule has 4 aromatic rings. The third-order valence-electron chi connectivity index (χ3n) is 11.8. The van der Waals surface area contributed by atoms with E-state index < -0.39 is 0 Å². The summed E-state index contributed by atoms with van der Waals surface area (Å²) in [7, 11) is 0. The largest absolute Gasteiger partial charge is 0.399 e. The Hall–Kier alpha value is -3.52. The highest BCUT2D eigenvalue weighted by atomic mass is 14.5.